The molecule has 1 unspecified atom stereocenters. The van der Waals surface area contributed by atoms with E-state index in [2.05, 4.69) is 0 Å². The minimum Gasteiger partial charge on any atom is -0.365 e. The zero-order valence-corrected chi connectivity index (χ0v) is 11.9. The van der Waals surface area contributed by atoms with Crippen molar-refractivity contribution in [3.63, 3.8) is 0 Å². The van der Waals surface area contributed by atoms with Gasteiger partial charge in [0.2, 0.25) is 0 Å². The van der Waals surface area contributed by atoms with E-state index in [9.17, 15) is 13.2 Å². The standard InChI is InChI=1S/C16H17F3N2/c1-10(12-5-3-4-6-13(12)17)21(2)14-8-7-11(9-20)15(18)16(14)19/h3-8,10H,9,20H2,1-2H3. The predicted molar refractivity (Wildman–Crippen MR) is 77.5 cm³/mol. The second kappa shape index (κ2) is 6.18. The Morgan fingerprint density at radius 2 is 1.71 bits per heavy atom. The number of nitrogens with two attached hydrogens (primary N) is 1. The molecule has 21 heavy (non-hydrogen) atoms. The molecule has 0 aliphatic rings. The monoisotopic (exact) mass is 294 g/mol. The Morgan fingerprint density at radius 3 is 2.33 bits per heavy atom. The summed E-state index contributed by atoms with van der Waals surface area (Å²) in [5.41, 5.74) is 5.95. The summed E-state index contributed by atoms with van der Waals surface area (Å²) < 4.78 is 41.7. The minimum atomic E-state index is -0.969. The fourth-order valence-corrected chi connectivity index (χ4v) is 2.24. The topological polar surface area (TPSA) is 29.3 Å². The average Bonchev–Trinajstić information content (AvgIpc) is 2.49. The molecule has 0 saturated carbocycles. The summed E-state index contributed by atoms with van der Waals surface area (Å²) in [5, 5.41) is 0. The number of rotatable bonds is 4. The second-order valence-electron chi connectivity index (χ2n) is 4.88. The number of hydrogen-bond donors (Lipinski definition) is 1. The van der Waals surface area contributed by atoms with Crippen LogP contribution >= 0.6 is 0 Å². The quantitative estimate of drug-likeness (QED) is 0.930. The van der Waals surface area contributed by atoms with Gasteiger partial charge in [0, 0.05) is 24.7 Å². The van der Waals surface area contributed by atoms with Crippen LogP contribution in [0.15, 0.2) is 36.4 Å². The van der Waals surface area contributed by atoms with Crippen LogP contribution in [0.25, 0.3) is 0 Å². The first-order valence-corrected chi connectivity index (χ1v) is 6.61. The summed E-state index contributed by atoms with van der Waals surface area (Å²) in [7, 11) is 1.59. The van der Waals surface area contributed by atoms with E-state index in [-0.39, 0.29) is 23.6 Å². The zero-order valence-electron chi connectivity index (χ0n) is 11.9. The van der Waals surface area contributed by atoms with E-state index in [0.29, 0.717) is 5.56 Å². The van der Waals surface area contributed by atoms with Crippen LogP contribution in [0.5, 0.6) is 0 Å². The van der Waals surface area contributed by atoms with E-state index in [1.54, 1.807) is 32.2 Å². The van der Waals surface area contributed by atoms with E-state index in [1.807, 2.05) is 0 Å². The van der Waals surface area contributed by atoms with Crippen LogP contribution in [0, 0.1) is 17.5 Å². The number of benzene rings is 2. The lowest BCUT2D eigenvalue weighted by Gasteiger charge is -2.28. The van der Waals surface area contributed by atoms with Crippen LogP contribution in [-0.4, -0.2) is 7.05 Å². The van der Waals surface area contributed by atoms with Gasteiger partial charge in [-0.1, -0.05) is 24.3 Å². The van der Waals surface area contributed by atoms with Gasteiger partial charge >= 0.3 is 0 Å². The summed E-state index contributed by atoms with van der Waals surface area (Å²) in [6.45, 7) is 1.65. The van der Waals surface area contributed by atoms with Crippen LogP contribution in [0.2, 0.25) is 0 Å². The van der Waals surface area contributed by atoms with Crippen molar-refractivity contribution in [3.8, 4) is 0 Å². The van der Waals surface area contributed by atoms with Gasteiger partial charge in [-0.2, -0.15) is 0 Å². The van der Waals surface area contributed by atoms with E-state index < -0.39 is 17.7 Å². The lowest BCUT2D eigenvalue weighted by molar-refractivity contribution is 0.494. The molecule has 0 saturated heterocycles. The van der Waals surface area contributed by atoms with Crippen molar-refractivity contribution < 1.29 is 13.2 Å². The van der Waals surface area contributed by atoms with Gasteiger partial charge in [0.15, 0.2) is 11.6 Å². The lowest BCUT2D eigenvalue weighted by atomic mass is 10.1. The molecule has 0 spiro atoms. The Labute approximate surface area is 122 Å². The third-order valence-electron chi connectivity index (χ3n) is 3.68. The highest BCUT2D eigenvalue weighted by Crippen LogP contribution is 2.30. The van der Waals surface area contributed by atoms with Crippen molar-refractivity contribution in [1.29, 1.82) is 0 Å². The molecule has 0 heterocycles. The van der Waals surface area contributed by atoms with E-state index in [4.69, 9.17) is 5.73 Å². The summed E-state index contributed by atoms with van der Waals surface area (Å²) in [6.07, 6.45) is 0. The molecule has 1 atom stereocenters. The van der Waals surface area contributed by atoms with Gasteiger partial charge in [-0.25, -0.2) is 13.2 Å². The van der Waals surface area contributed by atoms with Gasteiger partial charge < -0.3 is 10.6 Å². The SMILES string of the molecule is CC(c1ccccc1F)N(C)c1ccc(CN)c(F)c1F. The molecule has 0 aliphatic heterocycles. The molecular formula is C16H17F3N2. The molecule has 0 amide bonds. The molecule has 0 aromatic heterocycles. The van der Waals surface area contributed by atoms with Crippen molar-refractivity contribution in [2.75, 3.05) is 11.9 Å². The Balaban J connectivity index is 2.38. The van der Waals surface area contributed by atoms with Gasteiger partial charge in [0.1, 0.15) is 5.82 Å². The third-order valence-corrected chi connectivity index (χ3v) is 3.68. The lowest BCUT2D eigenvalue weighted by Crippen LogP contribution is -2.24. The highest BCUT2D eigenvalue weighted by molar-refractivity contribution is 5.51. The Kier molecular flexibility index (Phi) is 4.53. The van der Waals surface area contributed by atoms with Crippen molar-refractivity contribution >= 4 is 5.69 Å². The van der Waals surface area contributed by atoms with E-state index >= 15 is 0 Å². The Hall–Kier alpha value is -2.01. The zero-order chi connectivity index (χ0) is 15.6. The van der Waals surface area contributed by atoms with Crippen LogP contribution in [0.1, 0.15) is 24.1 Å². The first-order valence-electron chi connectivity index (χ1n) is 6.61. The molecular weight excluding hydrogens is 277 g/mol. The summed E-state index contributed by atoms with van der Waals surface area (Å²) in [5.74, 6) is -2.30. The molecule has 0 radical (unpaired) electrons. The van der Waals surface area contributed by atoms with E-state index in [1.165, 1.54) is 23.1 Å². The largest absolute Gasteiger partial charge is 0.365 e. The third kappa shape index (κ3) is 2.88. The van der Waals surface area contributed by atoms with Crippen LogP contribution in [-0.2, 0) is 6.54 Å². The van der Waals surface area contributed by atoms with Gasteiger partial charge in [-0.15, -0.1) is 0 Å². The highest BCUT2D eigenvalue weighted by atomic mass is 19.2. The summed E-state index contributed by atoms with van der Waals surface area (Å²) in [4.78, 5) is 1.50. The summed E-state index contributed by atoms with van der Waals surface area (Å²) >= 11 is 0. The predicted octanol–water partition coefficient (Wildman–Crippen LogP) is 3.76. The van der Waals surface area contributed by atoms with Crippen LogP contribution < -0.4 is 10.6 Å². The first-order chi connectivity index (χ1) is 9.97. The van der Waals surface area contributed by atoms with Gasteiger partial charge in [-0.3, -0.25) is 0 Å². The summed E-state index contributed by atoms with van der Waals surface area (Å²) in [6, 6.07) is 8.71. The fourth-order valence-electron chi connectivity index (χ4n) is 2.24. The minimum absolute atomic E-state index is 0.0699. The molecule has 2 N–H and O–H groups in total. The number of halogens is 3. The molecule has 2 aromatic carbocycles. The van der Waals surface area contributed by atoms with Crippen LogP contribution in [0.4, 0.5) is 18.9 Å². The molecule has 0 bridgehead atoms. The highest BCUT2D eigenvalue weighted by Gasteiger charge is 2.21. The smallest absolute Gasteiger partial charge is 0.182 e. The Morgan fingerprint density at radius 1 is 1.05 bits per heavy atom. The Bertz CT molecular complexity index is 643. The average molecular weight is 294 g/mol. The van der Waals surface area contributed by atoms with Gasteiger partial charge in [0.05, 0.1) is 11.7 Å². The number of anilines is 1. The van der Waals surface area contributed by atoms with Crippen molar-refractivity contribution in [2.45, 2.75) is 19.5 Å². The molecule has 2 aromatic rings. The van der Waals surface area contributed by atoms with Gasteiger partial charge in [0.25, 0.3) is 0 Å². The molecule has 2 rings (SSSR count). The maximum Gasteiger partial charge on any atom is 0.182 e. The van der Waals surface area contributed by atoms with Crippen molar-refractivity contribution in [1.82, 2.24) is 0 Å². The second-order valence-corrected chi connectivity index (χ2v) is 4.88. The molecule has 0 fully saturated rings. The van der Waals surface area contributed by atoms with Crippen LogP contribution in [0.3, 0.4) is 0 Å². The van der Waals surface area contributed by atoms with Crippen molar-refractivity contribution in [3.05, 3.63) is 65.0 Å². The van der Waals surface area contributed by atoms with Crippen molar-refractivity contribution in [2.24, 2.45) is 5.73 Å². The maximum atomic E-state index is 14.1. The fraction of sp³-hybridized carbons (Fsp3) is 0.250. The molecule has 5 heteroatoms. The number of hydrogen-bond acceptors (Lipinski definition) is 2. The molecule has 0 aliphatic carbocycles. The first kappa shape index (κ1) is 15.4. The van der Waals surface area contributed by atoms with E-state index in [0.717, 1.165) is 0 Å². The molecule has 2 nitrogen and oxygen atoms in total. The number of nitrogens with zero attached hydrogens (tertiary/aromatic N) is 1. The molecule has 112 valence electrons. The maximum absolute atomic E-state index is 14.1. The normalized spacial score (nSPS) is 12.3. The van der Waals surface area contributed by atoms with Gasteiger partial charge in [-0.05, 0) is 19.1 Å².